The summed E-state index contributed by atoms with van der Waals surface area (Å²) in [4.78, 5) is 21.0. The van der Waals surface area contributed by atoms with Gasteiger partial charge in [-0.3, -0.25) is 20.2 Å². The Morgan fingerprint density at radius 1 is 0.971 bits per heavy atom. The molecule has 0 radical (unpaired) electrons. The summed E-state index contributed by atoms with van der Waals surface area (Å²) in [5.74, 6) is -0.774. The smallest absolute Gasteiger partial charge is 0.420 e. The molecule has 3 aromatic rings. The van der Waals surface area contributed by atoms with Crippen molar-refractivity contribution in [2.45, 2.75) is 20.0 Å². The molecule has 0 spiro atoms. The van der Waals surface area contributed by atoms with Gasteiger partial charge >= 0.3 is 6.18 Å². The number of anilines is 2. The van der Waals surface area contributed by atoms with Crippen LogP contribution in [0.2, 0.25) is 0 Å². The van der Waals surface area contributed by atoms with Crippen LogP contribution in [0, 0.1) is 45.4 Å². The fourth-order valence-corrected chi connectivity index (χ4v) is 3.21. The van der Waals surface area contributed by atoms with Crippen LogP contribution < -0.4 is 10.1 Å². The predicted octanol–water partition coefficient (Wildman–Crippen LogP) is 6.55. The van der Waals surface area contributed by atoms with Gasteiger partial charge in [-0.1, -0.05) is 0 Å². The lowest BCUT2D eigenvalue weighted by Gasteiger charge is -2.18. The zero-order valence-corrected chi connectivity index (χ0v) is 17.6. The summed E-state index contributed by atoms with van der Waals surface area (Å²) in [7, 11) is 0. The third kappa shape index (κ3) is 5.04. The summed E-state index contributed by atoms with van der Waals surface area (Å²) in [6, 6.07) is 11.1. The predicted molar refractivity (Wildman–Crippen MR) is 115 cm³/mol. The van der Waals surface area contributed by atoms with Crippen LogP contribution in [0.4, 0.5) is 35.9 Å². The second-order valence-electron chi connectivity index (χ2n) is 7.20. The fraction of sp³-hybridized carbons (Fsp3) is 0.136. The number of benzene rings is 3. The monoisotopic (exact) mass is 472 g/mol. The minimum atomic E-state index is -4.99. The van der Waals surface area contributed by atoms with Gasteiger partial charge in [0.05, 0.1) is 21.5 Å². The van der Waals surface area contributed by atoms with Crippen molar-refractivity contribution in [2.24, 2.45) is 0 Å². The first kappa shape index (κ1) is 24.0. The van der Waals surface area contributed by atoms with E-state index in [0.717, 1.165) is 18.2 Å². The van der Waals surface area contributed by atoms with Crippen LogP contribution in [0.25, 0.3) is 0 Å². The Hall–Kier alpha value is -4.66. The number of nitro groups is 2. The maximum Gasteiger partial charge on any atom is 0.420 e. The van der Waals surface area contributed by atoms with Crippen molar-refractivity contribution in [3.05, 3.63) is 91.0 Å². The van der Waals surface area contributed by atoms with Gasteiger partial charge in [0.25, 0.3) is 11.4 Å². The minimum absolute atomic E-state index is 0.0470. The number of nitriles is 1. The highest BCUT2D eigenvalue weighted by atomic mass is 19.4. The first-order valence-electron chi connectivity index (χ1n) is 9.51. The van der Waals surface area contributed by atoms with Crippen molar-refractivity contribution in [1.82, 2.24) is 0 Å². The Balaban J connectivity index is 2.15. The Kier molecular flexibility index (Phi) is 6.40. The summed E-state index contributed by atoms with van der Waals surface area (Å²) < 4.78 is 46.8. The number of nitrogens with one attached hydrogen (secondary N) is 1. The average Bonchev–Trinajstić information content (AvgIpc) is 2.75. The molecule has 174 valence electrons. The van der Waals surface area contributed by atoms with Crippen LogP contribution in [0.3, 0.4) is 0 Å². The topological polar surface area (TPSA) is 131 Å². The van der Waals surface area contributed by atoms with Gasteiger partial charge in [0.15, 0.2) is 0 Å². The SMILES string of the molecule is Cc1cc([N+](=O)[O-])cc(C)c1Oc1cc(Nc2ccc(C#N)cc2)c([N+](=O)[O-])cc1C(F)(F)F. The molecule has 0 bridgehead atoms. The van der Waals surface area contributed by atoms with Crippen LogP contribution in [-0.2, 0) is 6.18 Å². The number of nitro benzene ring substituents is 2. The van der Waals surface area contributed by atoms with E-state index < -0.39 is 33.0 Å². The van der Waals surface area contributed by atoms with E-state index in [4.69, 9.17) is 10.00 Å². The fourth-order valence-electron chi connectivity index (χ4n) is 3.21. The molecule has 0 aliphatic rings. The molecule has 12 heteroatoms. The van der Waals surface area contributed by atoms with E-state index in [1.165, 1.54) is 38.1 Å². The number of alkyl halides is 3. The highest BCUT2D eigenvalue weighted by Crippen LogP contribution is 2.45. The molecule has 0 aliphatic heterocycles. The van der Waals surface area contributed by atoms with Gasteiger partial charge in [-0.05, 0) is 49.2 Å². The van der Waals surface area contributed by atoms with Gasteiger partial charge < -0.3 is 10.1 Å². The molecule has 9 nitrogen and oxygen atoms in total. The minimum Gasteiger partial charge on any atom is -0.456 e. The third-order valence-electron chi connectivity index (χ3n) is 4.76. The quantitative estimate of drug-likeness (QED) is 0.318. The number of hydrogen-bond donors (Lipinski definition) is 1. The molecule has 0 heterocycles. The molecule has 0 saturated heterocycles. The number of ether oxygens (including phenoxy) is 1. The summed E-state index contributed by atoms with van der Waals surface area (Å²) in [6.07, 6.45) is -4.99. The van der Waals surface area contributed by atoms with Crippen molar-refractivity contribution in [1.29, 1.82) is 5.26 Å². The second kappa shape index (κ2) is 9.07. The zero-order chi connectivity index (χ0) is 25.2. The molecule has 0 aromatic heterocycles. The Labute approximate surface area is 190 Å². The molecule has 34 heavy (non-hydrogen) atoms. The second-order valence-corrected chi connectivity index (χ2v) is 7.20. The van der Waals surface area contributed by atoms with Gasteiger partial charge in [-0.2, -0.15) is 18.4 Å². The average molecular weight is 472 g/mol. The highest BCUT2D eigenvalue weighted by Gasteiger charge is 2.38. The standard InChI is InChI=1S/C22H15F3N4O5/c1-12-7-16(28(30)31)8-13(2)21(12)34-20-10-18(27-15-5-3-14(11-26)4-6-15)19(29(32)33)9-17(20)22(23,24)25/h3-10,27H,1-2H3. The molecule has 0 saturated carbocycles. The highest BCUT2D eigenvalue weighted by molar-refractivity contribution is 5.73. The molecular formula is C22H15F3N4O5. The van der Waals surface area contributed by atoms with Crippen molar-refractivity contribution >= 4 is 22.7 Å². The van der Waals surface area contributed by atoms with E-state index in [1.54, 1.807) is 0 Å². The first-order valence-corrected chi connectivity index (χ1v) is 9.51. The van der Waals surface area contributed by atoms with Gasteiger partial charge in [-0.25, -0.2) is 0 Å². The van der Waals surface area contributed by atoms with Gasteiger partial charge in [0, 0.05) is 30.0 Å². The molecular weight excluding hydrogens is 457 g/mol. The van der Waals surface area contributed by atoms with E-state index in [9.17, 15) is 33.4 Å². The molecule has 0 aliphatic carbocycles. The maximum absolute atomic E-state index is 13.8. The van der Waals surface area contributed by atoms with E-state index in [-0.39, 0.29) is 33.9 Å². The number of nitrogens with zero attached hydrogens (tertiary/aromatic N) is 3. The first-order chi connectivity index (χ1) is 15.9. The molecule has 1 N–H and O–H groups in total. The van der Waals surface area contributed by atoms with Crippen LogP contribution in [0.15, 0.2) is 48.5 Å². The number of non-ortho nitro benzene ring substituents is 1. The molecule has 0 amide bonds. The van der Waals surface area contributed by atoms with Crippen molar-refractivity contribution in [3.63, 3.8) is 0 Å². The normalized spacial score (nSPS) is 10.9. The largest absolute Gasteiger partial charge is 0.456 e. The van der Waals surface area contributed by atoms with Crippen molar-refractivity contribution in [3.8, 4) is 17.6 Å². The summed E-state index contributed by atoms with van der Waals surface area (Å²) >= 11 is 0. The van der Waals surface area contributed by atoms with Crippen molar-refractivity contribution in [2.75, 3.05) is 5.32 Å². The lowest BCUT2D eigenvalue weighted by Crippen LogP contribution is -2.10. The molecule has 0 fully saturated rings. The van der Waals surface area contributed by atoms with Gasteiger partial charge in [0.2, 0.25) is 0 Å². The van der Waals surface area contributed by atoms with Gasteiger partial charge in [-0.15, -0.1) is 0 Å². The van der Waals surface area contributed by atoms with E-state index >= 15 is 0 Å². The summed E-state index contributed by atoms with van der Waals surface area (Å²) in [5.41, 5.74) is -1.75. The lowest BCUT2D eigenvalue weighted by molar-refractivity contribution is -0.385. The molecule has 0 atom stereocenters. The number of hydrogen-bond acceptors (Lipinski definition) is 7. The Bertz CT molecular complexity index is 1310. The third-order valence-corrected chi connectivity index (χ3v) is 4.76. The van der Waals surface area contributed by atoms with Crippen LogP contribution >= 0.6 is 0 Å². The number of halogens is 3. The Morgan fingerprint density at radius 2 is 1.56 bits per heavy atom. The van der Waals surface area contributed by atoms with E-state index in [0.29, 0.717) is 11.6 Å². The van der Waals surface area contributed by atoms with Crippen LogP contribution in [-0.4, -0.2) is 9.85 Å². The van der Waals surface area contributed by atoms with Crippen LogP contribution in [0.5, 0.6) is 11.5 Å². The molecule has 3 rings (SSSR count). The lowest BCUT2D eigenvalue weighted by atomic mass is 10.1. The maximum atomic E-state index is 13.8. The summed E-state index contributed by atoms with van der Waals surface area (Å²) in [5, 5.41) is 34.1. The van der Waals surface area contributed by atoms with Crippen molar-refractivity contribution < 1.29 is 27.8 Å². The Morgan fingerprint density at radius 3 is 2.03 bits per heavy atom. The van der Waals surface area contributed by atoms with Crippen LogP contribution in [0.1, 0.15) is 22.3 Å². The van der Waals surface area contributed by atoms with E-state index in [1.807, 2.05) is 6.07 Å². The zero-order valence-electron chi connectivity index (χ0n) is 17.6. The molecule has 0 unspecified atom stereocenters. The summed E-state index contributed by atoms with van der Waals surface area (Å²) in [6.45, 7) is 2.87. The van der Waals surface area contributed by atoms with Gasteiger partial charge in [0.1, 0.15) is 22.7 Å². The van der Waals surface area contributed by atoms with E-state index in [2.05, 4.69) is 5.32 Å². The number of aryl methyl sites for hydroxylation is 2. The number of rotatable bonds is 6. The molecule has 3 aromatic carbocycles.